The van der Waals surface area contributed by atoms with Gasteiger partial charge in [0.15, 0.2) is 5.58 Å². The number of carbonyl (C=O) groups excluding carboxylic acids is 1. The predicted molar refractivity (Wildman–Crippen MR) is 59.7 cm³/mol. The Hall–Kier alpha value is -2.27. The van der Waals surface area contributed by atoms with E-state index in [1.165, 1.54) is 0 Å². The summed E-state index contributed by atoms with van der Waals surface area (Å²) >= 11 is 0. The molecular weight excluding hydrogens is 206 g/mol. The number of rotatable bonds is 1. The lowest BCUT2D eigenvalue weighted by molar-refractivity contribution is 0.0949. The van der Waals surface area contributed by atoms with Crippen LogP contribution < -0.4 is 11.3 Å². The van der Waals surface area contributed by atoms with Crippen molar-refractivity contribution in [3.63, 3.8) is 0 Å². The van der Waals surface area contributed by atoms with Gasteiger partial charge in [-0.15, -0.1) is 0 Å². The molecular formula is C11H9N3O2. The van der Waals surface area contributed by atoms with E-state index in [-0.39, 0.29) is 5.91 Å². The first-order chi connectivity index (χ1) is 7.79. The van der Waals surface area contributed by atoms with Crippen LogP contribution in [0.15, 0.2) is 34.7 Å². The van der Waals surface area contributed by atoms with Crippen LogP contribution in [0.1, 0.15) is 10.5 Å². The number of nitrogens with two attached hydrogens (primary N) is 1. The number of hydrogen-bond acceptors (Lipinski definition) is 3. The van der Waals surface area contributed by atoms with Gasteiger partial charge in [0.1, 0.15) is 11.3 Å². The van der Waals surface area contributed by atoms with E-state index in [0.717, 1.165) is 16.5 Å². The Morgan fingerprint density at radius 2 is 2.12 bits per heavy atom. The number of aromatic nitrogens is 1. The lowest BCUT2D eigenvalue weighted by Gasteiger charge is -1.93. The number of hydrogen-bond donors (Lipinski definition) is 3. The van der Waals surface area contributed by atoms with Crippen molar-refractivity contribution in [3.8, 4) is 0 Å². The van der Waals surface area contributed by atoms with E-state index in [2.05, 4.69) is 10.4 Å². The molecule has 0 unspecified atom stereocenters. The Morgan fingerprint density at radius 3 is 2.94 bits per heavy atom. The van der Waals surface area contributed by atoms with Crippen LogP contribution in [0.4, 0.5) is 0 Å². The van der Waals surface area contributed by atoms with Crippen LogP contribution in [0.5, 0.6) is 0 Å². The molecule has 1 aromatic carbocycles. The largest absolute Gasteiger partial charge is 0.454 e. The number of fused-ring (bicyclic) bond motifs is 3. The molecule has 4 N–H and O–H groups in total. The molecule has 0 radical (unpaired) electrons. The fraction of sp³-hybridized carbons (Fsp3) is 0. The molecule has 16 heavy (non-hydrogen) atoms. The summed E-state index contributed by atoms with van der Waals surface area (Å²) in [5.74, 6) is 4.69. The van der Waals surface area contributed by atoms with Gasteiger partial charge in [-0.2, -0.15) is 0 Å². The molecule has 3 rings (SSSR count). The van der Waals surface area contributed by atoms with Crippen LogP contribution in [-0.4, -0.2) is 10.9 Å². The number of benzene rings is 1. The molecule has 0 saturated heterocycles. The Kier molecular flexibility index (Phi) is 1.75. The second-order valence-corrected chi connectivity index (χ2v) is 3.49. The third kappa shape index (κ3) is 1.12. The van der Waals surface area contributed by atoms with Gasteiger partial charge in [0.05, 0.1) is 5.52 Å². The molecule has 0 spiro atoms. The second-order valence-electron chi connectivity index (χ2n) is 3.49. The van der Waals surface area contributed by atoms with Crippen LogP contribution in [0.3, 0.4) is 0 Å². The number of amides is 1. The van der Waals surface area contributed by atoms with Gasteiger partial charge in [0.2, 0.25) is 0 Å². The minimum absolute atomic E-state index is 0.365. The van der Waals surface area contributed by atoms with Gasteiger partial charge in [-0.1, -0.05) is 12.1 Å². The van der Waals surface area contributed by atoms with Crippen molar-refractivity contribution in [1.29, 1.82) is 0 Å². The summed E-state index contributed by atoms with van der Waals surface area (Å²) in [6.07, 6.45) is 0. The summed E-state index contributed by atoms with van der Waals surface area (Å²) < 4.78 is 5.58. The van der Waals surface area contributed by atoms with Crippen molar-refractivity contribution in [2.24, 2.45) is 5.84 Å². The topological polar surface area (TPSA) is 84.0 Å². The Labute approximate surface area is 90.2 Å². The summed E-state index contributed by atoms with van der Waals surface area (Å²) in [7, 11) is 0. The Morgan fingerprint density at radius 1 is 1.31 bits per heavy atom. The molecule has 0 aliphatic carbocycles. The van der Waals surface area contributed by atoms with E-state index in [0.29, 0.717) is 11.3 Å². The highest BCUT2D eigenvalue weighted by Gasteiger charge is 2.13. The summed E-state index contributed by atoms with van der Waals surface area (Å²) in [6, 6.07) is 9.27. The Bertz CT molecular complexity index is 681. The van der Waals surface area contributed by atoms with E-state index in [9.17, 15) is 4.79 Å². The molecule has 80 valence electrons. The van der Waals surface area contributed by atoms with E-state index in [4.69, 9.17) is 10.3 Å². The fourth-order valence-corrected chi connectivity index (χ4v) is 1.80. The lowest BCUT2D eigenvalue weighted by Crippen LogP contribution is -2.30. The van der Waals surface area contributed by atoms with Gasteiger partial charge in [-0.25, -0.2) is 5.84 Å². The van der Waals surface area contributed by atoms with E-state index in [1.54, 1.807) is 6.07 Å². The van der Waals surface area contributed by atoms with Crippen LogP contribution in [0.2, 0.25) is 0 Å². The van der Waals surface area contributed by atoms with Crippen molar-refractivity contribution >= 4 is 28.0 Å². The molecule has 0 fully saturated rings. The highest BCUT2D eigenvalue weighted by Crippen LogP contribution is 2.28. The molecule has 2 aromatic heterocycles. The van der Waals surface area contributed by atoms with E-state index >= 15 is 0 Å². The normalized spacial score (nSPS) is 11.1. The van der Waals surface area contributed by atoms with E-state index < -0.39 is 0 Å². The minimum Gasteiger partial charge on any atom is -0.454 e. The maximum atomic E-state index is 11.3. The molecule has 5 heteroatoms. The third-order valence-electron chi connectivity index (χ3n) is 2.53. The zero-order valence-electron chi connectivity index (χ0n) is 8.28. The number of carbonyl (C=O) groups is 1. The number of H-pyrrole nitrogens is 1. The minimum atomic E-state index is -0.365. The number of furan rings is 1. The van der Waals surface area contributed by atoms with Crippen LogP contribution in [0, 0.1) is 0 Å². The first-order valence-corrected chi connectivity index (χ1v) is 4.81. The summed E-state index contributed by atoms with van der Waals surface area (Å²) in [5, 5.41) is 0.952. The SMILES string of the molecule is NNC(=O)c1cc2oc3ccccc3c2[nH]1. The molecule has 1 amide bonds. The van der Waals surface area contributed by atoms with Gasteiger partial charge in [-0.3, -0.25) is 10.2 Å². The van der Waals surface area contributed by atoms with Gasteiger partial charge >= 0.3 is 0 Å². The fourth-order valence-electron chi connectivity index (χ4n) is 1.80. The number of nitrogen functional groups attached to an aromatic ring is 1. The van der Waals surface area contributed by atoms with Crippen LogP contribution in [0.25, 0.3) is 22.1 Å². The molecule has 0 saturated carbocycles. The predicted octanol–water partition coefficient (Wildman–Crippen LogP) is 1.52. The molecule has 0 atom stereocenters. The molecule has 5 nitrogen and oxygen atoms in total. The zero-order valence-corrected chi connectivity index (χ0v) is 8.28. The number of para-hydroxylation sites is 1. The summed E-state index contributed by atoms with van der Waals surface area (Å²) in [6.45, 7) is 0. The van der Waals surface area contributed by atoms with Gasteiger partial charge in [0.25, 0.3) is 5.91 Å². The highest BCUT2D eigenvalue weighted by atomic mass is 16.3. The first-order valence-electron chi connectivity index (χ1n) is 4.81. The molecule has 0 aliphatic rings. The third-order valence-corrected chi connectivity index (χ3v) is 2.53. The monoisotopic (exact) mass is 215 g/mol. The Balaban J connectivity index is 2.30. The maximum absolute atomic E-state index is 11.3. The van der Waals surface area contributed by atoms with E-state index in [1.807, 2.05) is 24.3 Å². The van der Waals surface area contributed by atoms with Crippen LogP contribution in [-0.2, 0) is 0 Å². The lowest BCUT2D eigenvalue weighted by atomic mass is 10.2. The summed E-state index contributed by atoms with van der Waals surface area (Å²) in [4.78, 5) is 14.3. The number of aromatic amines is 1. The maximum Gasteiger partial charge on any atom is 0.281 e. The van der Waals surface area contributed by atoms with Crippen molar-refractivity contribution in [1.82, 2.24) is 10.4 Å². The second kappa shape index (κ2) is 3.11. The molecule has 0 bridgehead atoms. The first kappa shape index (κ1) is 8.99. The van der Waals surface area contributed by atoms with Crippen molar-refractivity contribution in [3.05, 3.63) is 36.0 Å². The molecule has 0 aliphatic heterocycles. The molecule has 3 aromatic rings. The smallest absolute Gasteiger partial charge is 0.281 e. The summed E-state index contributed by atoms with van der Waals surface area (Å²) in [5.41, 5.74) is 4.72. The van der Waals surface area contributed by atoms with Crippen molar-refractivity contribution in [2.45, 2.75) is 0 Å². The quantitative estimate of drug-likeness (QED) is 0.327. The van der Waals surface area contributed by atoms with Crippen molar-refractivity contribution < 1.29 is 9.21 Å². The van der Waals surface area contributed by atoms with Gasteiger partial charge < -0.3 is 9.40 Å². The average Bonchev–Trinajstić information content (AvgIpc) is 2.85. The standard InChI is InChI=1S/C11H9N3O2/c12-14-11(15)7-5-9-10(13-7)6-3-1-2-4-8(6)16-9/h1-5,13H,12H2,(H,14,15). The highest BCUT2D eigenvalue weighted by molar-refractivity contribution is 6.06. The zero-order chi connectivity index (χ0) is 11.1. The number of nitrogens with one attached hydrogen (secondary N) is 2. The van der Waals surface area contributed by atoms with Gasteiger partial charge in [-0.05, 0) is 12.1 Å². The number of hydrazine groups is 1. The van der Waals surface area contributed by atoms with Crippen molar-refractivity contribution in [2.75, 3.05) is 0 Å². The van der Waals surface area contributed by atoms with Gasteiger partial charge in [0, 0.05) is 11.5 Å². The average molecular weight is 215 g/mol. The molecule has 2 heterocycles. The van der Waals surface area contributed by atoms with Crippen LogP contribution >= 0.6 is 0 Å².